The highest BCUT2D eigenvalue weighted by molar-refractivity contribution is 5.75. The molecule has 0 aromatic rings. The Balaban J connectivity index is 2.08. The number of nitrogens with two attached hydrogens (primary N) is 1. The van der Waals surface area contributed by atoms with E-state index in [4.69, 9.17) is 5.73 Å². The second kappa shape index (κ2) is 6.62. The van der Waals surface area contributed by atoms with Gasteiger partial charge in [-0.25, -0.2) is 0 Å². The number of hydrogen-bond acceptors (Lipinski definition) is 2. The monoisotopic (exact) mass is 210 g/mol. The van der Waals surface area contributed by atoms with Crippen LogP contribution in [0.15, 0.2) is 12.2 Å². The summed E-state index contributed by atoms with van der Waals surface area (Å²) in [7, 11) is 0. The first-order chi connectivity index (χ1) is 7.18. The fraction of sp³-hybridized carbons (Fsp3) is 0.750. The molecule has 0 spiro atoms. The largest absolute Gasteiger partial charge is 0.356 e. The maximum Gasteiger partial charge on any atom is 0.220 e. The smallest absolute Gasteiger partial charge is 0.220 e. The zero-order valence-corrected chi connectivity index (χ0v) is 9.54. The molecular weight excluding hydrogens is 188 g/mol. The van der Waals surface area contributed by atoms with E-state index < -0.39 is 0 Å². The van der Waals surface area contributed by atoms with Crippen molar-refractivity contribution >= 4 is 5.91 Å². The topological polar surface area (TPSA) is 55.1 Å². The highest BCUT2D eigenvalue weighted by Crippen LogP contribution is 2.16. The van der Waals surface area contributed by atoms with Gasteiger partial charge in [-0.2, -0.15) is 0 Å². The highest BCUT2D eigenvalue weighted by Gasteiger charge is 2.11. The number of rotatable bonds is 5. The lowest BCUT2D eigenvalue weighted by atomic mass is 9.94. The molecule has 1 aliphatic carbocycles. The third kappa shape index (κ3) is 5.57. The Kier molecular flexibility index (Phi) is 5.40. The molecule has 1 rings (SSSR count). The van der Waals surface area contributed by atoms with E-state index in [0.29, 0.717) is 12.3 Å². The van der Waals surface area contributed by atoms with Gasteiger partial charge in [0.25, 0.3) is 0 Å². The second-order valence-corrected chi connectivity index (χ2v) is 4.47. The predicted molar refractivity (Wildman–Crippen MR) is 62.4 cm³/mol. The van der Waals surface area contributed by atoms with Gasteiger partial charge in [0.1, 0.15) is 0 Å². The van der Waals surface area contributed by atoms with Crippen LogP contribution in [0.5, 0.6) is 0 Å². The van der Waals surface area contributed by atoms with E-state index in [-0.39, 0.29) is 11.9 Å². The molecule has 0 bridgehead atoms. The summed E-state index contributed by atoms with van der Waals surface area (Å²) in [6.45, 7) is 2.75. The number of carbonyl (C=O) groups excluding carboxylic acids is 1. The number of amides is 1. The summed E-state index contributed by atoms with van der Waals surface area (Å²) in [5.41, 5.74) is 5.59. The van der Waals surface area contributed by atoms with E-state index in [1.165, 1.54) is 6.42 Å². The summed E-state index contributed by atoms with van der Waals surface area (Å²) in [5.74, 6) is 0.774. The van der Waals surface area contributed by atoms with Crippen LogP contribution in [0, 0.1) is 5.92 Å². The van der Waals surface area contributed by atoms with Crippen molar-refractivity contribution < 1.29 is 4.79 Å². The van der Waals surface area contributed by atoms with Gasteiger partial charge in [0.2, 0.25) is 5.91 Å². The summed E-state index contributed by atoms with van der Waals surface area (Å²) in [6, 6.07) is 0.119. The van der Waals surface area contributed by atoms with Crippen molar-refractivity contribution in [2.75, 3.05) is 6.54 Å². The molecule has 1 amide bonds. The Hall–Kier alpha value is -0.830. The van der Waals surface area contributed by atoms with Gasteiger partial charge in [-0.1, -0.05) is 12.2 Å². The molecule has 86 valence electrons. The van der Waals surface area contributed by atoms with Crippen LogP contribution in [0.2, 0.25) is 0 Å². The number of carbonyl (C=O) groups is 1. The van der Waals surface area contributed by atoms with Crippen molar-refractivity contribution in [3.05, 3.63) is 12.2 Å². The van der Waals surface area contributed by atoms with E-state index >= 15 is 0 Å². The summed E-state index contributed by atoms with van der Waals surface area (Å²) in [4.78, 5) is 11.4. The van der Waals surface area contributed by atoms with Gasteiger partial charge >= 0.3 is 0 Å². The van der Waals surface area contributed by atoms with Crippen molar-refractivity contribution in [2.45, 2.75) is 45.1 Å². The summed E-state index contributed by atoms with van der Waals surface area (Å²) >= 11 is 0. The first-order valence-electron chi connectivity index (χ1n) is 5.85. The molecule has 2 unspecified atom stereocenters. The van der Waals surface area contributed by atoms with Crippen molar-refractivity contribution in [3.8, 4) is 0 Å². The van der Waals surface area contributed by atoms with Crippen molar-refractivity contribution in [2.24, 2.45) is 11.7 Å². The molecule has 0 aromatic carbocycles. The van der Waals surface area contributed by atoms with Gasteiger partial charge in [0, 0.05) is 19.0 Å². The third-order valence-corrected chi connectivity index (χ3v) is 2.79. The Labute approximate surface area is 92.1 Å². The molecule has 3 nitrogen and oxygen atoms in total. The lowest BCUT2D eigenvalue weighted by Gasteiger charge is -2.18. The predicted octanol–water partition coefficient (Wildman–Crippen LogP) is 1.59. The lowest BCUT2D eigenvalue weighted by Crippen LogP contribution is -2.30. The maximum absolute atomic E-state index is 11.4. The van der Waals surface area contributed by atoms with Crippen LogP contribution in [0.1, 0.15) is 39.0 Å². The van der Waals surface area contributed by atoms with Gasteiger partial charge in [-0.3, -0.25) is 4.79 Å². The summed E-state index contributed by atoms with van der Waals surface area (Å²) in [6.07, 6.45) is 9.21. The van der Waals surface area contributed by atoms with Crippen LogP contribution in [-0.2, 0) is 4.79 Å². The standard InChI is InChI=1S/C12H22N2O/c1-10(13)7-8-12(15)14-9-11-5-3-2-4-6-11/h2-3,10-11H,4-9,13H2,1H3,(H,14,15). The average Bonchev–Trinajstić information content (AvgIpc) is 2.25. The number of hydrogen-bond donors (Lipinski definition) is 2. The second-order valence-electron chi connectivity index (χ2n) is 4.47. The van der Waals surface area contributed by atoms with E-state index in [9.17, 15) is 4.79 Å². The van der Waals surface area contributed by atoms with E-state index in [2.05, 4.69) is 17.5 Å². The van der Waals surface area contributed by atoms with E-state index in [1.807, 2.05) is 6.92 Å². The zero-order valence-electron chi connectivity index (χ0n) is 9.54. The Morgan fingerprint density at radius 3 is 3.00 bits per heavy atom. The average molecular weight is 210 g/mol. The fourth-order valence-electron chi connectivity index (χ4n) is 1.75. The third-order valence-electron chi connectivity index (χ3n) is 2.79. The minimum Gasteiger partial charge on any atom is -0.356 e. The number of allylic oxidation sites excluding steroid dienone is 2. The lowest BCUT2D eigenvalue weighted by molar-refractivity contribution is -0.121. The molecule has 0 heterocycles. The molecule has 0 radical (unpaired) electrons. The molecule has 3 heteroatoms. The van der Waals surface area contributed by atoms with Gasteiger partial charge in [-0.15, -0.1) is 0 Å². The van der Waals surface area contributed by atoms with Crippen LogP contribution in [-0.4, -0.2) is 18.5 Å². The van der Waals surface area contributed by atoms with Crippen molar-refractivity contribution in [3.63, 3.8) is 0 Å². The van der Waals surface area contributed by atoms with E-state index in [1.54, 1.807) is 0 Å². The van der Waals surface area contributed by atoms with Crippen LogP contribution in [0.25, 0.3) is 0 Å². The Morgan fingerprint density at radius 2 is 2.40 bits per heavy atom. The van der Waals surface area contributed by atoms with Gasteiger partial charge in [0.15, 0.2) is 0 Å². The molecule has 2 atom stereocenters. The molecule has 15 heavy (non-hydrogen) atoms. The van der Waals surface area contributed by atoms with Crippen LogP contribution in [0.3, 0.4) is 0 Å². The molecule has 0 fully saturated rings. The number of nitrogens with one attached hydrogen (secondary N) is 1. The molecule has 0 aromatic heterocycles. The van der Waals surface area contributed by atoms with Crippen LogP contribution in [0.4, 0.5) is 0 Å². The van der Waals surface area contributed by atoms with Crippen LogP contribution >= 0.6 is 0 Å². The van der Waals surface area contributed by atoms with Crippen molar-refractivity contribution in [1.29, 1.82) is 0 Å². The molecule has 3 N–H and O–H groups in total. The van der Waals surface area contributed by atoms with Gasteiger partial charge < -0.3 is 11.1 Å². The quantitative estimate of drug-likeness (QED) is 0.677. The fourth-order valence-corrected chi connectivity index (χ4v) is 1.75. The summed E-state index contributed by atoms with van der Waals surface area (Å²) in [5, 5.41) is 2.98. The van der Waals surface area contributed by atoms with Gasteiger partial charge in [0.05, 0.1) is 0 Å². The molecule has 0 saturated heterocycles. The molecular formula is C12H22N2O. The maximum atomic E-state index is 11.4. The Morgan fingerprint density at radius 1 is 1.60 bits per heavy atom. The minimum atomic E-state index is 0.119. The van der Waals surface area contributed by atoms with Crippen LogP contribution < -0.4 is 11.1 Å². The highest BCUT2D eigenvalue weighted by atomic mass is 16.1. The van der Waals surface area contributed by atoms with Crippen molar-refractivity contribution in [1.82, 2.24) is 5.32 Å². The van der Waals surface area contributed by atoms with Gasteiger partial charge in [-0.05, 0) is 38.5 Å². The first-order valence-corrected chi connectivity index (χ1v) is 5.85. The Bertz CT molecular complexity index is 224. The molecule has 0 saturated carbocycles. The zero-order chi connectivity index (χ0) is 11.1. The molecule has 1 aliphatic rings. The minimum absolute atomic E-state index is 0.119. The van der Waals surface area contributed by atoms with E-state index in [0.717, 1.165) is 25.8 Å². The summed E-state index contributed by atoms with van der Waals surface area (Å²) < 4.78 is 0. The molecule has 0 aliphatic heterocycles. The SMILES string of the molecule is CC(N)CCC(=O)NCC1CC=CCC1. The normalized spacial score (nSPS) is 22.4. The first kappa shape index (κ1) is 12.2.